The summed E-state index contributed by atoms with van der Waals surface area (Å²) in [5.41, 5.74) is 4.77. The number of methoxy groups -OCH3 is 1. The number of hydrogen-bond donors (Lipinski definition) is 1. The molecule has 1 aromatic heterocycles. The third kappa shape index (κ3) is 2.12. The molecule has 0 radical (unpaired) electrons. The van der Waals surface area contributed by atoms with Crippen LogP contribution in [0, 0.1) is 5.92 Å². The Balaban J connectivity index is 2.39. The van der Waals surface area contributed by atoms with E-state index in [0.29, 0.717) is 6.42 Å². The van der Waals surface area contributed by atoms with Gasteiger partial charge in [-0.25, -0.2) is 9.18 Å². The second-order valence-corrected chi connectivity index (χ2v) is 4.65. The molecule has 2 heterocycles. The SMILES string of the molecule is CC[C@]1(OC)O[C@@H](n2ccc(N)nc2=O)[C@@H](F)C1C. The van der Waals surface area contributed by atoms with Crippen LogP contribution in [0.4, 0.5) is 10.2 Å². The van der Waals surface area contributed by atoms with E-state index in [1.54, 1.807) is 6.92 Å². The minimum Gasteiger partial charge on any atom is -0.383 e. The summed E-state index contributed by atoms with van der Waals surface area (Å²) in [5, 5.41) is 0. The average Bonchev–Trinajstić information content (AvgIpc) is 2.64. The first-order valence-corrected chi connectivity index (χ1v) is 6.17. The van der Waals surface area contributed by atoms with Gasteiger partial charge >= 0.3 is 5.69 Å². The molecule has 0 saturated carbocycles. The Morgan fingerprint density at radius 1 is 1.68 bits per heavy atom. The Morgan fingerprint density at radius 2 is 2.37 bits per heavy atom. The number of aromatic nitrogens is 2. The Hall–Kier alpha value is -1.47. The van der Waals surface area contributed by atoms with Crippen LogP contribution >= 0.6 is 0 Å². The molecule has 1 aliphatic rings. The van der Waals surface area contributed by atoms with Gasteiger partial charge in [0.05, 0.1) is 0 Å². The van der Waals surface area contributed by atoms with Gasteiger partial charge in [-0.1, -0.05) is 13.8 Å². The Labute approximate surface area is 110 Å². The lowest BCUT2D eigenvalue weighted by atomic mass is 9.96. The van der Waals surface area contributed by atoms with Crippen molar-refractivity contribution in [2.24, 2.45) is 5.92 Å². The van der Waals surface area contributed by atoms with Gasteiger partial charge in [0, 0.05) is 19.2 Å². The van der Waals surface area contributed by atoms with Crippen LogP contribution in [0.5, 0.6) is 0 Å². The first-order valence-electron chi connectivity index (χ1n) is 6.17. The molecule has 0 bridgehead atoms. The lowest BCUT2D eigenvalue weighted by molar-refractivity contribution is -0.241. The lowest BCUT2D eigenvalue weighted by Gasteiger charge is -2.29. The lowest BCUT2D eigenvalue weighted by Crippen LogP contribution is -2.37. The smallest absolute Gasteiger partial charge is 0.351 e. The number of anilines is 1. The summed E-state index contributed by atoms with van der Waals surface area (Å²) in [6, 6.07) is 1.43. The highest BCUT2D eigenvalue weighted by Gasteiger charge is 2.53. The standard InChI is InChI=1S/C12H18FN3O3/c1-4-12(18-3)7(2)9(13)10(19-12)16-6-5-8(14)15-11(16)17/h5-7,9-10H,4H2,1-3H3,(H2,14,15,17)/t7?,9-,10+,12-/m0/s1. The Bertz CT molecular complexity index is 515. The molecular formula is C12H18FN3O3. The van der Waals surface area contributed by atoms with Gasteiger partial charge in [0.25, 0.3) is 0 Å². The molecule has 4 atom stereocenters. The van der Waals surface area contributed by atoms with E-state index in [1.807, 2.05) is 6.92 Å². The highest BCUT2D eigenvalue weighted by molar-refractivity contribution is 5.23. The fourth-order valence-electron chi connectivity index (χ4n) is 2.48. The van der Waals surface area contributed by atoms with Crippen LogP contribution in [0.2, 0.25) is 0 Å². The van der Waals surface area contributed by atoms with Gasteiger partial charge in [-0.05, 0) is 12.5 Å². The van der Waals surface area contributed by atoms with Gasteiger partial charge in [-0.2, -0.15) is 4.98 Å². The van der Waals surface area contributed by atoms with Gasteiger partial charge in [-0.3, -0.25) is 4.57 Å². The van der Waals surface area contributed by atoms with Gasteiger partial charge in [0.15, 0.2) is 18.2 Å². The monoisotopic (exact) mass is 271 g/mol. The van der Waals surface area contributed by atoms with Gasteiger partial charge in [0.1, 0.15) is 5.82 Å². The molecule has 7 heteroatoms. The molecule has 1 fully saturated rings. The van der Waals surface area contributed by atoms with E-state index < -0.39 is 29.8 Å². The van der Waals surface area contributed by atoms with E-state index >= 15 is 0 Å². The van der Waals surface area contributed by atoms with Crippen molar-refractivity contribution in [2.45, 2.75) is 38.5 Å². The molecule has 2 rings (SSSR count). The molecule has 0 aromatic carbocycles. The molecule has 1 aliphatic heterocycles. The zero-order valence-corrected chi connectivity index (χ0v) is 11.2. The third-order valence-corrected chi connectivity index (χ3v) is 3.73. The van der Waals surface area contributed by atoms with Crippen molar-refractivity contribution in [2.75, 3.05) is 12.8 Å². The molecule has 1 aromatic rings. The number of nitrogen functional groups attached to an aromatic ring is 1. The summed E-state index contributed by atoms with van der Waals surface area (Å²) in [7, 11) is 1.47. The quantitative estimate of drug-likeness (QED) is 0.890. The molecule has 0 spiro atoms. The topological polar surface area (TPSA) is 79.4 Å². The van der Waals surface area contributed by atoms with Gasteiger partial charge in [-0.15, -0.1) is 0 Å². The number of alkyl halides is 1. The van der Waals surface area contributed by atoms with E-state index in [0.717, 1.165) is 4.57 Å². The average molecular weight is 271 g/mol. The number of hydrogen-bond acceptors (Lipinski definition) is 5. The van der Waals surface area contributed by atoms with Crippen LogP contribution in [-0.4, -0.2) is 28.6 Å². The molecule has 19 heavy (non-hydrogen) atoms. The molecule has 1 saturated heterocycles. The van der Waals surface area contributed by atoms with Gasteiger partial charge < -0.3 is 15.2 Å². The number of halogens is 1. The summed E-state index contributed by atoms with van der Waals surface area (Å²) in [6.07, 6.45) is -0.534. The Morgan fingerprint density at radius 3 is 2.84 bits per heavy atom. The number of rotatable bonds is 3. The summed E-state index contributed by atoms with van der Waals surface area (Å²) < 4.78 is 26.5. The molecule has 2 N–H and O–H groups in total. The number of ether oxygens (including phenoxy) is 2. The predicted molar refractivity (Wildman–Crippen MR) is 67.1 cm³/mol. The highest BCUT2D eigenvalue weighted by Crippen LogP contribution is 2.45. The first kappa shape index (κ1) is 14.0. The first-order chi connectivity index (χ1) is 8.95. The number of nitrogens with zero attached hydrogens (tertiary/aromatic N) is 2. The molecule has 6 nitrogen and oxygen atoms in total. The van der Waals surface area contributed by atoms with Crippen LogP contribution in [-0.2, 0) is 9.47 Å². The van der Waals surface area contributed by atoms with Crippen LogP contribution in [0.25, 0.3) is 0 Å². The second-order valence-electron chi connectivity index (χ2n) is 4.65. The molecule has 1 unspecified atom stereocenters. The van der Waals surface area contributed by atoms with Gasteiger partial charge in [0.2, 0.25) is 0 Å². The zero-order valence-electron chi connectivity index (χ0n) is 11.2. The second kappa shape index (κ2) is 4.90. The van der Waals surface area contributed by atoms with Crippen molar-refractivity contribution in [1.82, 2.24) is 9.55 Å². The third-order valence-electron chi connectivity index (χ3n) is 3.73. The van der Waals surface area contributed by atoms with Crippen LogP contribution < -0.4 is 11.4 Å². The van der Waals surface area contributed by atoms with E-state index in [9.17, 15) is 9.18 Å². The van der Waals surface area contributed by atoms with Crippen LogP contribution in [0.3, 0.4) is 0 Å². The van der Waals surface area contributed by atoms with Crippen molar-refractivity contribution < 1.29 is 13.9 Å². The van der Waals surface area contributed by atoms with Crippen LogP contribution in [0.15, 0.2) is 17.1 Å². The van der Waals surface area contributed by atoms with Crippen LogP contribution in [0.1, 0.15) is 26.5 Å². The molecule has 0 aliphatic carbocycles. The van der Waals surface area contributed by atoms with Crippen molar-refractivity contribution in [1.29, 1.82) is 0 Å². The van der Waals surface area contributed by atoms with Crippen molar-refractivity contribution in [3.63, 3.8) is 0 Å². The largest absolute Gasteiger partial charge is 0.383 e. The van der Waals surface area contributed by atoms with E-state index in [2.05, 4.69) is 4.98 Å². The van der Waals surface area contributed by atoms with Crippen molar-refractivity contribution in [3.8, 4) is 0 Å². The predicted octanol–water partition coefficient (Wildman–Crippen LogP) is 1.08. The van der Waals surface area contributed by atoms with Crippen molar-refractivity contribution >= 4 is 5.82 Å². The summed E-state index contributed by atoms with van der Waals surface area (Å²) in [5.74, 6) is -1.42. The summed E-state index contributed by atoms with van der Waals surface area (Å²) in [4.78, 5) is 15.3. The fraction of sp³-hybridized carbons (Fsp3) is 0.667. The number of nitrogens with two attached hydrogens (primary N) is 1. The zero-order chi connectivity index (χ0) is 14.2. The minimum atomic E-state index is -1.36. The van der Waals surface area contributed by atoms with E-state index in [1.165, 1.54) is 19.4 Å². The maximum Gasteiger partial charge on any atom is 0.351 e. The Kier molecular flexibility index (Phi) is 3.60. The molecule has 106 valence electrons. The maximum atomic E-state index is 14.4. The minimum absolute atomic E-state index is 0.0937. The highest BCUT2D eigenvalue weighted by atomic mass is 19.1. The van der Waals surface area contributed by atoms with Crippen molar-refractivity contribution in [3.05, 3.63) is 22.7 Å². The molecular weight excluding hydrogens is 253 g/mol. The summed E-state index contributed by atoms with van der Waals surface area (Å²) >= 11 is 0. The summed E-state index contributed by atoms with van der Waals surface area (Å²) in [6.45, 7) is 3.55. The maximum absolute atomic E-state index is 14.4. The normalized spacial score (nSPS) is 34.6. The van der Waals surface area contributed by atoms with E-state index in [-0.39, 0.29) is 5.82 Å². The van der Waals surface area contributed by atoms with E-state index in [4.69, 9.17) is 15.2 Å². The molecule has 0 amide bonds. The fourth-order valence-corrected chi connectivity index (χ4v) is 2.48.